The van der Waals surface area contributed by atoms with Crippen LogP contribution >= 0.6 is 0 Å². The van der Waals surface area contributed by atoms with Crippen molar-refractivity contribution in [3.8, 4) is 5.75 Å². The molecule has 0 heterocycles. The molecule has 0 saturated heterocycles. The molecule has 0 spiro atoms. The van der Waals surface area contributed by atoms with E-state index in [-0.39, 0.29) is 18.3 Å². The van der Waals surface area contributed by atoms with Crippen LogP contribution in [-0.4, -0.2) is 31.8 Å². The molecule has 25 heavy (non-hydrogen) atoms. The second-order valence-corrected chi connectivity index (χ2v) is 5.30. The van der Waals surface area contributed by atoms with E-state index >= 15 is 0 Å². The maximum absolute atomic E-state index is 12.8. The lowest BCUT2D eigenvalue weighted by atomic mass is 10.2. The van der Waals surface area contributed by atoms with Crippen LogP contribution in [0.5, 0.6) is 5.75 Å². The average molecular weight is 343 g/mol. The fourth-order valence-electron chi connectivity index (χ4n) is 2.25. The van der Waals surface area contributed by atoms with Gasteiger partial charge >= 0.3 is 0 Å². The first-order valence-corrected chi connectivity index (χ1v) is 8.17. The van der Waals surface area contributed by atoms with Crippen LogP contribution in [0.1, 0.15) is 19.4 Å². The zero-order valence-corrected chi connectivity index (χ0v) is 14.4. The second kappa shape index (κ2) is 9.42. The Hall–Kier alpha value is -2.89. The predicted molar refractivity (Wildman–Crippen MR) is 97.6 cm³/mol. The average Bonchev–Trinajstić information content (AvgIpc) is 2.63. The molecule has 2 rings (SSSR count). The lowest BCUT2D eigenvalue weighted by molar-refractivity contribution is -0.123. The molecule has 0 aliphatic rings. The van der Waals surface area contributed by atoms with Gasteiger partial charge in [-0.15, -0.1) is 0 Å². The van der Waals surface area contributed by atoms with Gasteiger partial charge in [-0.3, -0.25) is 4.79 Å². The van der Waals surface area contributed by atoms with Gasteiger partial charge in [-0.1, -0.05) is 12.1 Å². The van der Waals surface area contributed by atoms with Crippen LogP contribution in [0.4, 0.5) is 10.1 Å². The standard InChI is InChI=1S/C19H22FN3O2/c1-3-23(4-2)17-9-5-15(6-10-17)13-21-22-19(24)14-25-18-11-7-16(20)8-12-18/h5-13H,3-4,14H2,1-2H3,(H,22,24)/b21-13+. The lowest BCUT2D eigenvalue weighted by Gasteiger charge is -2.20. The van der Waals surface area contributed by atoms with Gasteiger partial charge in [-0.2, -0.15) is 5.10 Å². The predicted octanol–water partition coefficient (Wildman–Crippen LogP) is 3.20. The number of anilines is 1. The minimum atomic E-state index is -0.389. The summed E-state index contributed by atoms with van der Waals surface area (Å²) in [6, 6.07) is 13.4. The molecule has 0 bridgehead atoms. The smallest absolute Gasteiger partial charge is 0.277 e. The van der Waals surface area contributed by atoms with Gasteiger partial charge in [0.25, 0.3) is 5.91 Å². The molecule has 2 aromatic rings. The van der Waals surface area contributed by atoms with Crippen LogP contribution in [0, 0.1) is 5.82 Å². The van der Waals surface area contributed by atoms with E-state index in [2.05, 4.69) is 29.3 Å². The fourth-order valence-corrected chi connectivity index (χ4v) is 2.25. The van der Waals surface area contributed by atoms with E-state index in [0.717, 1.165) is 24.3 Å². The van der Waals surface area contributed by atoms with Crippen LogP contribution < -0.4 is 15.1 Å². The number of amides is 1. The van der Waals surface area contributed by atoms with Crippen LogP contribution in [-0.2, 0) is 4.79 Å². The summed E-state index contributed by atoms with van der Waals surface area (Å²) in [7, 11) is 0. The Morgan fingerprint density at radius 1 is 1.12 bits per heavy atom. The van der Waals surface area contributed by atoms with Crippen molar-refractivity contribution < 1.29 is 13.9 Å². The van der Waals surface area contributed by atoms with Crippen molar-refractivity contribution in [3.63, 3.8) is 0 Å². The highest BCUT2D eigenvalue weighted by Gasteiger charge is 2.02. The molecule has 132 valence electrons. The van der Waals surface area contributed by atoms with E-state index in [1.54, 1.807) is 6.21 Å². The number of nitrogens with one attached hydrogen (secondary N) is 1. The molecule has 5 nitrogen and oxygen atoms in total. The van der Waals surface area contributed by atoms with Crippen molar-refractivity contribution in [3.05, 3.63) is 59.9 Å². The molecule has 6 heteroatoms. The van der Waals surface area contributed by atoms with E-state index in [9.17, 15) is 9.18 Å². The number of benzene rings is 2. The summed E-state index contributed by atoms with van der Waals surface area (Å²) in [6.07, 6.45) is 1.57. The minimum absolute atomic E-state index is 0.191. The van der Waals surface area contributed by atoms with Crippen LogP contribution in [0.3, 0.4) is 0 Å². The highest BCUT2D eigenvalue weighted by Crippen LogP contribution is 2.14. The summed E-state index contributed by atoms with van der Waals surface area (Å²) >= 11 is 0. The lowest BCUT2D eigenvalue weighted by Crippen LogP contribution is -2.24. The van der Waals surface area contributed by atoms with E-state index in [0.29, 0.717) is 5.75 Å². The minimum Gasteiger partial charge on any atom is -0.484 e. The second-order valence-electron chi connectivity index (χ2n) is 5.30. The highest BCUT2D eigenvalue weighted by atomic mass is 19.1. The maximum Gasteiger partial charge on any atom is 0.277 e. The summed E-state index contributed by atoms with van der Waals surface area (Å²) in [5.41, 5.74) is 4.43. The van der Waals surface area contributed by atoms with Crippen molar-refractivity contribution in [1.82, 2.24) is 5.43 Å². The van der Waals surface area contributed by atoms with Crippen molar-refractivity contribution >= 4 is 17.8 Å². The summed E-state index contributed by atoms with van der Waals surface area (Å²) in [5.74, 6) is -0.318. The van der Waals surface area contributed by atoms with Crippen LogP contribution in [0.25, 0.3) is 0 Å². The largest absolute Gasteiger partial charge is 0.484 e. The van der Waals surface area contributed by atoms with Crippen molar-refractivity contribution in [1.29, 1.82) is 0 Å². The molecular formula is C19H22FN3O2. The number of halogens is 1. The molecule has 0 aromatic heterocycles. The third-order valence-electron chi connectivity index (χ3n) is 3.61. The molecule has 0 unspecified atom stereocenters. The third-order valence-corrected chi connectivity index (χ3v) is 3.61. The highest BCUT2D eigenvalue weighted by molar-refractivity contribution is 5.83. The Morgan fingerprint density at radius 2 is 1.76 bits per heavy atom. The summed E-state index contributed by atoms with van der Waals surface area (Å²) in [6.45, 7) is 5.94. The van der Waals surface area contributed by atoms with Gasteiger partial charge in [0.05, 0.1) is 6.21 Å². The third kappa shape index (κ3) is 5.91. The van der Waals surface area contributed by atoms with E-state index in [1.165, 1.54) is 24.3 Å². The van der Waals surface area contributed by atoms with E-state index in [1.807, 2.05) is 24.3 Å². The normalized spacial score (nSPS) is 10.7. The van der Waals surface area contributed by atoms with E-state index < -0.39 is 0 Å². The van der Waals surface area contributed by atoms with Crippen molar-refractivity contribution in [2.75, 3.05) is 24.6 Å². The van der Waals surface area contributed by atoms with E-state index in [4.69, 9.17) is 4.74 Å². The molecule has 0 fully saturated rings. The molecule has 2 aromatic carbocycles. The first kappa shape index (κ1) is 18.4. The van der Waals surface area contributed by atoms with Crippen LogP contribution in [0.15, 0.2) is 53.6 Å². The molecule has 0 aliphatic heterocycles. The molecule has 0 aliphatic carbocycles. The molecule has 0 saturated carbocycles. The Morgan fingerprint density at radius 3 is 2.36 bits per heavy atom. The molecule has 1 N–H and O–H groups in total. The number of hydrazone groups is 1. The SMILES string of the molecule is CCN(CC)c1ccc(/C=N/NC(=O)COc2ccc(F)cc2)cc1. The Kier molecular flexibility index (Phi) is 6.95. The number of ether oxygens (including phenoxy) is 1. The number of hydrogen-bond donors (Lipinski definition) is 1. The number of carbonyl (C=O) groups excluding carboxylic acids is 1. The van der Waals surface area contributed by atoms with Gasteiger partial charge in [-0.05, 0) is 55.8 Å². The fraction of sp³-hybridized carbons (Fsp3) is 0.263. The van der Waals surface area contributed by atoms with Gasteiger partial charge in [0.1, 0.15) is 11.6 Å². The topological polar surface area (TPSA) is 53.9 Å². The van der Waals surface area contributed by atoms with Crippen LogP contribution in [0.2, 0.25) is 0 Å². The maximum atomic E-state index is 12.8. The van der Waals surface area contributed by atoms with Gasteiger partial charge in [0.2, 0.25) is 0 Å². The van der Waals surface area contributed by atoms with Crippen molar-refractivity contribution in [2.45, 2.75) is 13.8 Å². The molecular weight excluding hydrogens is 321 g/mol. The number of nitrogens with zero attached hydrogens (tertiary/aromatic N) is 2. The Labute approximate surface area is 147 Å². The Balaban J connectivity index is 1.79. The summed E-state index contributed by atoms with van der Waals surface area (Å²) < 4.78 is 18.0. The van der Waals surface area contributed by atoms with Gasteiger partial charge < -0.3 is 9.64 Å². The van der Waals surface area contributed by atoms with Gasteiger partial charge in [0, 0.05) is 18.8 Å². The first-order valence-electron chi connectivity index (χ1n) is 8.17. The summed E-state index contributed by atoms with van der Waals surface area (Å²) in [5, 5.41) is 3.90. The first-order chi connectivity index (χ1) is 12.1. The molecule has 0 radical (unpaired) electrons. The number of rotatable bonds is 8. The van der Waals surface area contributed by atoms with Gasteiger partial charge in [-0.25, -0.2) is 9.82 Å². The zero-order valence-electron chi connectivity index (χ0n) is 14.4. The zero-order chi connectivity index (χ0) is 18.1. The summed E-state index contributed by atoms with van der Waals surface area (Å²) in [4.78, 5) is 13.9. The number of carbonyl (C=O) groups is 1. The molecule has 1 amide bonds. The van der Waals surface area contributed by atoms with Crippen molar-refractivity contribution in [2.24, 2.45) is 5.10 Å². The number of hydrogen-bond acceptors (Lipinski definition) is 4. The quantitative estimate of drug-likeness (QED) is 0.591. The monoisotopic (exact) mass is 343 g/mol. The molecule has 0 atom stereocenters. The Bertz CT molecular complexity index is 696. The van der Waals surface area contributed by atoms with Gasteiger partial charge in [0.15, 0.2) is 6.61 Å².